The lowest BCUT2D eigenvalue weighted by molar-refractivity contribution is -0.115. The van der Waals surface area contributed by atoms with Crippen molar-refractivity contribution in [2.75, 3.05) is 11.4 Å². The van der Waals surface area contributed by atoms with E-state index in [0.29, 0.717) is 5.76 Å². The van der Waals surface area contributed by atoms with E-state index in [0.717, 1.165) is 9.80 Å². The number of carbonyl (C=O) groups excluding carboxylic acids is 2. The van der Waals surface area contributed by atoms with E-state index in [9.17, 15) is 19.8 Å². The van der Waals surface area contributed by atoms with Crippen LogP contribution >= 0.6 is 0 Å². The standard InChI is InChI=1S/C12H17N3O4.C3H6O/c1-4-5-14-10(16)11(17)15(12(14)18)9-6-8(7(2)3)19-13-9;1-3(2)4/h4,6-7,10-11,16-17H,1,5H2,2-3H3;1-2H3. The number of hydrogen-bond acceptors (Lipinski definition) is 6. The van der Waals surface area contributed by atoms with Crippen molar-refractivity contribution in [1.82, 2.24) is 10.1 Å². The summed E-state index contributed by atoms with van der Waals surface area (Å²) in [6.07, 6.45) is -1.22. The molecule has 2 N–H and O–H groups in total. The average Bonchev–Trinajstić information content (AvgIpc) is 2.99. The summed E-state index contributed by atoms with van der Waals surface area (Å²) >= 11 is 0. The molecule has 0 spiro atoms. The van der Waals surface area contributed by atoms with E-state index in [1.807, 2.05) is 13.8 Å². The first-order valence-corrected chi connectivity index (χ1v) is 7.21. The molecule has 8 nitrogen and oxygen atoms in total. The minimum absolute atomic E-state index is 0.116. The monoisotopic (exact) mass is 325 g/mol. The van der Waals surface area contributed by atoms with Crippen molar-refractivity contribution >= 4 is 17.6 Å². The zero-order chi connectivity index (χ0) is 17.7. The van der Waals surface area contributed by atoms with Gasteiger partial charge in [-0.25, -0.2) is 9.69 Å². The molecule has 8 heteroatoms. The quantitative estimate of drug-likeness (QED) is 0.812. The Balaban J connectivity index is 0.000000593. The molecule has 1 aromatic rings. The first-order valence-electron chi connectivity index (χ1n) is 7.21. The molecule has 1 aromatic heterocycles. The molecule has 23 heavy (non-hydrogen) atoms. The molecule has 2 unspecified atom stereocenters. The topological polar surface area (TPSA) is 107 Å². The number of ketones is 1. The second-order valence-electron chi connectivity index (χ2n) is 5.57. The van der Waals surface area contributed by atoms with Crippen molar-refractivity contribution < 1.29 is 24.3 Å². The van der Waals surface area contributed by atoms with Crippen molar-refractivity contribution in [3.05, 3.63) is 24.5 Å². The van der Waals surface area contributed by atoms with Crippen LogP contribution in [0, 0.1) is 0 Å². The zero-order valence-electron chi connectivity index (χ0n) is 13.8. The first-order chi connectivity index (χ1) is 10.7. The third-order valence-corrected chi connectivity index (χ3v) is 2.96. The number of anilines is 1. The Hall–Kier alpha value is -2.19. The molecule has 0 aliphatic carbocycles. The Bertz CT molecular complexity index is 565. The molecule has 0 saturated carbocycles. The molecule has 1 aliphatic rings. The summed E-state index contributed by atoms with van der Waals surface area (Å²) < 4.78 is 5.09. The molecule has 1 fully saturated rings. The Morgan fingerprint density at radius 2 is 2.00 bits per heavy atom. The third-order valence-electron chi connectivity index (χ3n) is 2.96. The van der Waals surface area contributed by atoms with Gasteiger partial charge in [0.15, 0.2) is 18.3 Å². The Kier molecular flexibility index (Phi) is 6.47. The summed E-state index contributed by atoms with van der Waals surface area (Å²) in [6, 6.07) is 1.04. The molecule has 0 radical (unpaired) electrons. The molecule has 128 valence electrons. The summed E-state index contributed by atoms with van der Waals surface area (Å²) in [5.41, 5.74) is 0. The van der Waals surface area contributed by atoms with E-state index in [4.69, 9.17) is 4.52 Å². The fraction of sp³-hybridized carbons (Fsp3) is 0.533. The maximum absolute atomic E-state index is 12.1. The van der Waals surface area contributed by atoms with Gasteiger partial charge in [0, 0.05) is 18.5 Å². The first kappa shape index (κ1) is 18.9. The molecular formula is C15H23N3O5. The number of aliphatic hydroxyl groups is 2. The predicted molar refractivity (Wildman–Crippen MR) is 83.7 cm³/mol. The second-order valence-corrected chi connectivity index (χ2v) is 5.57. The molecule has 1 aliphatic heterocycles. The van der Waals surface area contributed by atoms with Gasteiger partial charge in [-0.15, -0.1) is 6.58 Å². The smallest absolute Gasteiger partial charge is 0.330 e. The maximum Gasteiger partial charge on any atom is 0.330 e. The molecule has 1 saturated heterocycles. The molecule has 2 amide bonds. The molecule has 2 atom stereocenters. The lowest BCUT2D eigenvalue weighted by Crippen LogP contribution is -2.37. The SMILES string of the molecule is C=CCN1C(=O)N(c2cc(C(C)C)on2)C(O)C1O.CC(C)=O. The van der Waals surface area contributed by atoms with Crippen LogP contribution in [0.1, 0.15) is 39.4 Å². The predicted octanol–water partition coefficient (Wildman–Crippen LogP) is 1.46. The Morgan fingerprint density at radius 1 is 1.43 bits per heavy atom. The number of aromatic nitrogens is 1. The summed E-state index contributed by atoms with van der Waals surface area (Å²) in [4.78, 5) is 23.6. The van der Waals surface area contributed by atoms with Crippen molar-refractivity contribution in [3.8, 4) is 0 Å². The van der Waals surface area contributed by atoms with Gasteiger partial charge in [0.25, 0.3) is 0 Å². The van der Waals surface area contributed by atoms with Gasteiger partial charge in [-0.3, -0.25) is 4.90 Å². The van der Waals surface area contributed by atoms with Gasteiger partial charge in [-0.05, 0) is 13.8 Å². The van der Waals surface area contributed by atoms with Crippen LogP contribution in [0.4, 0.5) is 10.6 Å². The number of carbonyl (C=O) groups is 2. The second kappa shape index (κ2) is 7.89. The fourth-order valence-corrected chi connectivity index (χ4v) is 1.88. The van der Waals surface area contributed by atoms with Crippen LogP contribution in [0.2, 0.25) is 0 Å². The van der Waals surface area contributed by atoms with Crippen molar-refractivity contribution in [3.63, 3.8) is 0 Å². The number of aliphatic hydroxyl groups excluding tert-OH is 2. The summed E-state index contributed by atoms with van der Waals surface area (Å²) in [6.45, 7) is 10.5. The van der Waals surface area contributed by atoms with Gasteiger partial charge >= 0.3 is 6.03 Å². The molecule has 2 heterocycles. The van der Waals surface area contributed by atoms with Crippen molar-refractivity contribution in [1.29, 1.82) is 0 Å². The normalized spacial score (nSPS) is 20.6. The van der Waals surface area contributed by atoms with E-state index < -0.39 is 18.5 Å². The lowest BCUT2D eigenvalue weighted by Gasteiger charge is -2.16. The molecule has 2 rings (SSSR count). The van der Waals surface area contributed by atoms with Gasteiger partial charge in [-0.1, -0.05) is 25.1 Å². The van der Waals surface area contributed by atoms with Crippen LogP contribution in [0.15, 0.2) is 23.2 Å². The van der Waals surface area contributed by atoms with Crippen LogP contribution < -0.4 is 4.90 Å². The highest BCUT2D eigenvalue weighted by Gasteiger charge is 2.45. The van der Waals surface area contributed by atoms with E-state index in [1.54, 1.807) is 6.07 Å². The molecular weight excluding hydrogens is 302 g/mol. The number of hydrogen-bond donors (Lipinski definition) is 2. The summed E-state index contributed by atoms with van der Waals surface area (Å²) in [7, 11) is 0. The number of rotatable bonds is 4. The Labute approximate surface area is 135 Å². The highest BCUT2D eigenvalue weighted by molar-refractivity contribution is 5.94. The average molecular weight is 325 g/mol. The zero-order valence-corrected chi connectivity index (χ0v) is 13.8. The van der Waals surface area contributed by atoms with Crippen LogP contribution in [0.3, 0.4) is 0 Å². The van der Waals surface area contributed by atoms with Gasteiger partial charge in [0.05, 0.1) is 0 Å². The van der Waals surface area contributed by atoms with Gasteiger partial charge in [0.1, 0.15) is 11.5 Å². The summed E-state index contributed by atoms with van der Waals surface area (Å²) in [5, 5.41) is 23.5. The van der Waals surface area contributed by atoms with Crippen LogP contribution in [-0.2, 0) is 4.79 Å². The molecule has 0 bridgehead atoms. The number of urea groups is 1. The van der Waals surface area contributed by atoms with Gasteiger partial charge < -0.3 is 19.5 Å². The summed E-state index contributed by atoms with van der Waals surface area (Å²) in [5.74, 6) is 1.07. The largest absolute Gasteiger partial charge is 0.369 e. The minimum atomic E-state index is -1.38. The fourth-order valence-electron chi connectivity index (χ4n) is 1.88. The number of Topliss-reactive ketones (excluding diaryl/α,β-unsaturated/α-hetero) is 1. The van der Waals surface area contributed by atoms with Crippen LogP contribution in [-0.4, -0.2) is 51.1 Å². The van der Waals surface area contributed by atoms with Crippen molar-refractivity contribution in [2.24, 2.45) is 0 Å². The van der Waals surface area contributed by atoms with Crippen molar-refractivity contribution in [2.45, 2.75) is 46.1 Å². The van der Waals surface area contributed by atoms with E-state index in [2.05, 4.69) is 11.7 Å². The van der Waals surface area contributed by atoms with Crippen LogP contribution in [0.5, 0.6) is 0 Å². The van der Waals surface area contributed by atoms with E-state index >= 15 is 0 Å². The lowest BCUT2D eigenvalue weighted by atomic mass is 10.1. The van der Waals surface area contributed by atoms with Gasteiger partial charge in [-0.2, -0.15) is 0 Å². The van der Waals surface area contributed by atoms with Crippen LogP contribution in [0.25, 0.3) is 0 Å². The van der Waals surface area contributed by atoms with E-state index in [1.165, 1.54) is 19.9 Å². The maximum atomic E-state index is 12.1. The number of nitrogens with zero attached hydrogens (tertiary/aromatic N) is 3. The highest BCUT2D eigenvalue weighted by Crippen LogP contribution is 2.28. The van der Waals surface area contributed by atoms with E-state index in [-0.39, 0.29) is 24.1 Å². The molecule has 0 aromatic carbocycles. The van der Waals surface area contributed by atoms with Gasteiger partial charge in [0.2, 0.25) is 0 Å². The Morgan fingerprint density at radius 3 is 2.43 bits per heavy atom. The minimum Gasteiger partial charge on any atom is -0.369 e. The number of amides is 2. The highest BCUT2D eigenvalue weighted by atomic mass is 16.5. The third kappa shape index (κ3) is 4.40.